The monoisotopic (exact) mass is 515 g/mol. The molecule has 198 valence electrons. The summed E-state index contributed by atoms with van der Waals surface area (Å²) >= 11 is 0. The predicted octanol–water partition coefficient (Wildman–Crippen LogP) is 2.57. The number of morpholine rings is 1. The van der Waals surface area contributed by atoms with E-state index in [1.54, 1.807) is 48.2 Å². The van der Waals surface area contributed by atoms with E-state index in [1.165, 1.54) is 4.57 Å². The zero-order chi connectivity index (χ0) is 26.3. The average Bonchev–Trinajstić information content (AvgIpc) is 3.27. The molecule has 2 aromatic heterocycles. The lowest BCUT2D eigenvalue weighted by Gasteiger charge is -2.39. The number of ether oxygens (including phenoxy) is 1. The number of anilines is 2. The fraction of sp³-hybridized carbons (Fsp3) is 0.542. The molecule has 2 aliphatic rings. The van der Waals surface area contributed by atoms with Crippen molar-refractivity contribution in [3.63, 3.8) is 0 Å². The third kappa shape index (κ3) is 4.99. The first-order chi connectivity index (χ1) is 17.6. The zero-order valence-corrected chi connectivity index (χ0v) is 21.4. The third-order valence-electron chi connectivity index (χ3n) is 6.51. The number of alkyl halides is 2. The molecule has 5 rings (SSSR count). The van der Waals surface area contributed by atoms with Crippen LogP contribution in [0.15, 0.2) is 24.3 Å². The standard InChI is InChI=1S/C24H31F2N9O2/c1-24(2)15-34(13-14-37-24)21-28-20(32-9-11-33(12-10-32)23(36)31(3)4)29-22(30-21)35-17-8-6-5-7-16(17)27-19(35)18(25)26/h5-8,18H,9-15H2,1-4H3. The van der Waals surface area contributed by atoms with E-state index in [9.17, 15) is 13.6 Å². The summed E-state index contributed by atoms with van der Waals surface area (Å²) in [5.74, 6) is 0.425. The molecule has 3 aromatic rings. The average molecular weight is 516 g/mol. The molecule has 2 aliphatic heterocycles. The minimum Gasteiger partial charge on any atom is -0.372 e. The number of halogens is 2. The zero-order valence-electron chi connectivity index (χ0n) is 21.4. The molecule has 1 aromatic carbocycles. The summed E-state index contributed by atoms with van der Waals surface area (Å²) in [5.41, 5.74) is 0.508. The summed E-state index contributed by atoms with van der Waals surface area (Å²) in [4.78, 5) is 37.9. The molecule has 0 atom stereocenters. The molecule has 37 heavy (non-hydrogen) atoms. The van der Waals surface area contributed by atoms with Crippen molar-refractivity contribution in [1.29, 1.82) is 0 Å². The highest BCUT2D eigenvalue weighted by atomic mass is 19.3. The topological polar surface area (TPSA) is 95.8 Å². The van der Waals surface area contributed by atoms with Crippen molar-refractivity contribution in [2.24, 2.45) is 0 Å². The molecule has 0 saturated carbocycles. The van der Waals surface area contributed by atoms with Gasteiger partial charge in [0, 0.05) is 53.4 Å². The van der Waals surface area contributed by atoms with Crippen LogP contribution in [-0.2, 0) is 4.74 Å². The molecule has 0 spiro atoms. The first kappa shape index (κ1) is 25.1. The number of carbonyl (C=O) groups excluding carboxylic acids is 1. The first-order valence-electron chi connectivity index (χ1n) is 12.2. The van der Waals surface area contributed by atoms with Crippen molar-refractivity contribution in [2.75, 3.05) is 69.8 Å². The fourth-order valence-corrected chi connectivity index (χ4v) is 4.70. The van der Waals surface area contributed by atoms with E-state index in [0.29, 0.717) is 68.8 Å². The van der Waals surface area contributed by atoms with Gasteiger partial charge in [-0.15, -0.1) is 0 Å². The number of piperazine rings is 1. The van der Waals surface area contributed by atoms with Gasteiger partial charge in [-0.3, -0.25) is 4.57 Å². The smallest absolute Gasteiger partial charge is 0.319 e. The lowest BCUT2D eigenvalue weighted by Crippen LogP contribution is -2.52. The summed E-state index contributed by atoms with van der Waals surface area (Å²) in [6.07, 6.45) is -2.82. The van der Waals surface area contributed by atoms with E-state index in [2.05, 4.69) is 15.0 Å². The highest BCUT2D eigenvalue weighted by molar-refractivity contribution is 5.78. The number of carbonyl (C=O) groups is 1. The van der Waals surface area contributed by atoms with E-state index in [4.69, 9.17) is 9.72 Å². The Kier molecular flexibility index (Phi) is 6.56. The lowest BCUT2D eigenvalue weighted by atomic mass is 10.1. The number of para-hydroxylation sites is 2. The summed E-state index contributed by atoms with van der Waals surface area (Å²) in [6.45, 7) is 7.56. The number of hydrogen-bond acceptors (Lipinski definition) is 8. The predicted molar refractivity (Wildman–Crippen MR) is 135 cm³/mol. The largest absolute Gasteiger partial charge is 0.372 e. The molecule has 2 saturated heterocycles. The van der Waals surface area contributed by atoms with Crippen LogP contribution in [0.5, 0.6) is 0 Å². The summed E-state index contributed by atoms with van der Waals surface area (Å²) in [7, 11) is 3.44. The Morgan fingerprint density at radius 1 is 0.946 bits per heavy atom. The van der Waals surface area contributed by atoms with E-state index >= 15 is 0 Å². The van der Waals surface area contributed by atoms with E-state index < -0.39 is 17.9 Å². The van der Waals surface area contributed by atoms with Crippen molar-refractivity contribution in [1.82, 2.24) is 34.3 Å². The van der Waals surface area contributed by atoms with Crippen LogP contribution >= 0.6 is 0 Å². The van der Waals surface area contributed by atoms with Gasteiger partial charge in [-0.05, 0) is 26.0 Å². The quantitative estimate of drug-likeness (QED) is 0.523. The minimum atomic E-state index is -2.82. The van der Waals surface area contributed by atoms with Crippen LogP contribution in [0.25, 0.3) is 17.0 Å². The van der Waals surface area contributed by atoms with Gasteiger partial charge < -0.3 is 24.3 Å². The number of hydrogen-bond donors (Lipinski definition) is 0. The maximum atomic E-state index is 14.1. The first-order valence-corrected chi connectivity index (χ1v) is 12.2. The van der Waals surface area contributed by atoms with Crippen LogP contribution in [0.3, 0.4) is 0 Å². The van der Waals surface area contributed by atoms with Gasteiger partial charge in [-0.25, -0.2) is 18.6 Å². The molecule has 11 nitrogen and oxygen atoms in total. The van der Waals surface area contributed by atoms with E-state index in [1.807, 2.05) is 23.6 Å². The molecule has 0 unspecified atom stereocenters. The molecule has 0 radical (unpaired) electrons. The third-order valence-corrected chi connectivity index (χ3v) is 6.51. The molecular formula is C24H31F2N9O2. The summed E-state index contributed by atoms with van der Waals surface area (Å²) < 4.78 is 35.4. The van der Waals surface area contributed by atoms with Gasteiger partial charge >= 0.3 is 6.03 Å². The van der Waals surface area contributed by atoms with Crippen LogP contribution in [0, 0.1) is 0 Å². The van der Waals surface area contributed by atoms with Crippen LogP contribution < -0.4 is 9.80 Å². The van der Waals surface area contributed by atoms with Gasteiger partial charge in [0.2, 0.25) is 17.8 Å². The SMILES string of the molecule is CN(C)C(=O)N1CCN(c2nc(N3CCOC(C)(C)C3)nc(-n3c(C(F)F)nc4ccccc43)n2)CC1. The Labute approximate surface area is 213 Å². The van der Waals surface area contributed by atoms with Gasteiger partial charge in [-0.1, -0.05) is 12.1 Å². The summed E-state index contributed by atoms with van der Waals surface area (Å²) in [6, 6.07) is 6.87. The second-order valence-corrected chi connectivity index (χ2v) is 10.0. The lowest BCUT2D eigenvalue weighted by molar-refractivity contribution is -0.0281. The maximum absolute atomic E-state index is 14.1. The fourth-order valence-electron chi connectivity index (χ4n) is 4.70. The highest BCUT2D eigenvalue weighted by Gasteiger charge is 2.31. The Hall–Kier alpha value is -3.61. The van der Waals surface area contributed by atoms with Crippen molar-refractivity contribution >= 4 is 29.0 Å². The minimum absolute atomic E-state index is 0.0568. The number of imidazole rings is 1. The number of fused-ring (bicyclic) bond motifs is 1. The van der Waals surface area contributed by atoms with Gasteiger partial charge in [0.15, 0.2) is 5.82 Å². The number of benzene rings is 1. The molecule has 13 heteroatoms. The number of urea groups is 1. The Morgan fingerprint density at radius 3 is 2.24 bits per heavy atom. The molecule has 2 fully saturated rings. The number of aromatic nitrogens is 5. The van der Waals surface area contributed by atoms with Crippen LogP contribution in [0.2, 0.25) is 0 Å². The Bertz CT molecular complexity index is 1290. The highest BCUT2D eigenvalue weighted by Crippen LogP contribution is 2.29. The molecule has 4 heterocycles. The van der Waals surface area contributed by atoms with Crippen molar-refractivity contribution < 1.29 is 18.3 Å². The van der Waals surface area contributed by atoms with E-state index in [-0.39, 0.29) is 12.0 Å². The second-order valence-electron chi connectivity index (χ2n) is 10.0. The molecule has 2 amide bonds. The molecule has 0 aliphatic carbocycles. The van der Waals surface area contributed by atoms with E-state index in [0.717, 1.165) is 0 Å². The number of rotatable bonds is 4. The van der Waals surface area contributed by atoms with Gasteiger partial charge in [0.25, 0.3) is 6.43 Å². The number of amides is 2. The van der Waals surface area contributed by atoms with Crippen LogP contribution in [0.1, 0.15) is 26.1 Å². The van der Waals surface area contributed by atoms with Crippen LogP contribution in [0.4, 0.5) is 25.5 Å². The van der Waals surface area contributed by atoms with Crippen molar-refractivity contribution in [3.8, 4) is 5.95 Å². The molecule has 0 N–H and O–H groups in total. The Morgan fingerprint density at radius 2 is 1.59 bits per heavy atom. The van der Waals surface area contributed by atoms with Crippen LogP contribution in [-0.4, -0.2) is 106 Å². The second kappa shape index (κ2) is 9.69. The van der Waals surface area contributed by atoms with Gasteiger partial charge in [0.1, 0.15) is 0 Å². The van der Waals surface area contributed by atoms with Gasteiger partial charge in [0.05, 0.1) is 23.2 Å². The number of nitrogens with zero attached hydrogens (tertiary/aromatic N) is 9. The molecular weight excluding hydrogens is 484 g/mol. The molecule has 0 bridgehead atoms. The Balaban J connectivity index is 1.57. The maximum Gasteiger partial charge on any atom is 0.319 e. The van der Waals surface area contributed by atoms with Crippen molar-refractivity contribution in [2.45, 2.75) is 25.9 Å². The van der Waals surface area contributed by atoms with Gasteiger partial charge in [-0.2, -0.15) is 15.0 Å². The van der Waals surface area contributed by atoms with Crippen molar-refractivity contribution in [3.05, 3.63) is 30.1 Å². The normalized spacial score (nSPS) is 18.1. The summed E-state index contributed by atoms with van der Waals surface area (Å²) in [5, 5.41) is 0.